The van der Waals surface area contributed by atoms with Crippen molar-refractivity contribution >= 4 is 27.6 Å². The highest BCUT2D eigenvalue weighted by atomic mass is 16.3. The third-order valence-electron chi connectivity index (χ3n) is 4.57. The Morgan fingerprint density at radius 1 is 0.923 bits per heavy atom. The summed E-state index contributed by atoms with van der Waals surface area (Å²) < 4.78 is 0. The molecule has 0 aliphatic carbocycles. The Morgan fingerprint density at radius 2 is 1.69 bits per heavy atom. The van der Waals surface area contributed by atoms with Crippen LogP contribution in [0.25, 0.3) is 21.7 Å². The molecule has 0 unspecified atom stereocenters. The van der Waals surface area contributed by atoms with Gasteiger partial charge in [-0.25, -0.2) is 0 Å². The van der Waals surface area contributed by atoms with Gasteiger partial charge in [0.15, 0.2) is 0 Å². The molecule has 4 nitrogen and oxygen atoms in total. The summed E-state index contributed by atoms with van der Waals surface area (Å²) in [5.74, 6) is -0.0711. The number of hydrogen-bond donors (Lipinski definition) is 2. The second-order valence-corrected chi connectivity index (χ2v) is 6.28. The van der Waals surface area contributed by atoms with E-state index in [2.05, 4.69) is 10.3 Å². The van der Waals surface area contributed by atoms with Gasteiger partial charge in [0.05, 0.1) is 6.04 Å². The van der Waals surface area contributed by atoms with E-state index < -0.39 is 6.04 Å². The molecule has 2 N–H and O–H groups in total. The molecule has 1 heterocycles. The fourth-order valence-corrected chi connectivity index (χ4v) is 3.41. The number of hydrogen-bond acceptors (Lipinski definition) is 3. The van der Waals surface area contributed by atoms with E-state index in [-0.39, 0.29) is 11.7 Å². The van der Waals surface area contributed by atoms with Crippen LogP contribution in [0.2, 0.25) is 0 Å². The maximum atomic E-state index is 11.9. The van der Waals surface area contributed by atoms with Crippen LogP contribution in [0.5, 0.6) is 5.75 Å². The van der Waals surface area contributed by atoms with Crippen LogP contribution >= 0.6 is 0 Å². The molecule has 128 valence electrons. The lowest BCUT2D eigenvalue weighted by molar-refractivity contribution is -0.119. The van der Waals surface area contributed by atoms with E-state index >= 15 is 0 Å². The first kappa shape index (κ1) is 16.1. The van der Waals surface area contributed by atoms with E-state index in [1.54, 1.807) is 6.20 Å². The number of pyridine rings is 1. The first-order valence-electron chi connectivity index (χ1n) is 8.46. The molecule has 4 rings (SSSR count). The van der Waals surface area contributed by atoms with E-state index in [0.29, 0.717) is 11.1 Å². The molecule has 3 aromatic carbocycles. The Labute approximate surface area is 151 Å². The predicted molar refractivity (Wildman–Crippen MR) is 103 cm³/mol. The van der Waals surface area contributed by atoms with Gasteiger partial charge < -0.3 is 10.4 Å². The molecule has 26 heavy (non-hydrogen) atoms. The van der Waals surface area contributed by atoms with Crippen molar-refractivity contribution in [1.29, 1.82) is 0 Å². The second kappa shape index (κ2) is 6.48. The highest BCUT2D eigenvalue weighted by Gasteiger charge is 2.22. The van der Waals surface area contributed by atoms with Gasteiger partial charge in [0.2, 0.25) is 5.91 Å². The minimum Gasteiger partial charge on any atom is -0.505 e. The van der Waals surface area contributed by atoms with Crippen LogP contribution in [0.4, 0.5) is 0 Å². The number of nitrogens with zero attached hydrogens (tertiary/aromatic N) is 1. The topological polar surface area (TPSA) is 62.2 Å². The molecule has 0 aliphatic rings. The van der Waals surface area contributed by atoms with E-state index in [9.17, 15) is 9.90 Å². The minimum atomic E-state index is -0.468. The number of phenolic OH excluding ortho intramolecular Hbond substituents is 1. The van der Waals surface area contributed by atoms with Crippen LogP contribution < -0.4 is 5.32 Å². The number of nitrogens with one attached hydrogen (secondary N) is 1. The third-order valence-corrected chi connectivity index (χ3v) is 4.57. The summed E-state index contributed by atoms with van der Waals surface area (Å²) in [4.78, 5) is 16.2. The van der Waals surface area contributed by atoms with Gasteiger partial charge in [0.25, 0.3) is 0 Å². The molecule has 4 heteroatoms. The van der Waals surface area contributed by atoms with E-state index in [4.69, 9.17) is 0 Å². The predicted octanol–water partition coefficient (Wildman–Crippen LogP) is 4.32. The standard InChI is InChI=1S/C22H18N2O2/c1-14(25)24-21(18-10-4-7-15-6-2-3-9-17(15)18)19-12-11-16-8-5-13-23-20(16)22(19)26/h2-13,21,26H,1H3,(H,24,25)/t21-/m1/s1. The zero-order valence-corrected chi connectivity index (χ0v) is 14.3. The normalized spacial score (nSPS) is 12.2. The fourth-order valence-electron chi connectivity index (χ4n) is 3.41. The van der Waals surface area contributed by atoms with Crippen molar-refractivity contribution in [2.45, 2.75) is 13.0 Å². The van der Waals surface area contributed by atoms with Gasteiger partial charge in [-0.15, -0.1) is 0 Å². The highest BCUT2D eigenvalue weighted by Crippen LogP contribution is 2.36. The number of carbonyl (C=O) groups excluding carboxylic acids is 1. The number of rotatable bonds is 3. The largest absolute Gasteiger partial charge is 0.505 e. The molecular weight excluding hydrogens is 324 g/mol. The number of aromatic nitrogens is 1. The molecule has 4 aromatic rings. The maximum absolute atomic E-state index is 11.9. The summed E-state index contributed by atoms with van der Waals surface area (Å²) >= 11 is 0. The molecule has 0 saturated heterocycles. The van der Waals surface area contributed by atoms with E-state index in [1.165, 1.54) is 6.92 Å². The Morgan fingerprint density at radius 3 is 2.54 bits per heavy atom. The average Bonchev–Trinajstić information content (AvgIpc) is 2.66. The van der Waals surface area contributed by atoms with Gasteiger partial charge in [-0.05, 0) is 22.4 Å². The monoisotopic (exact) mass is 342 g/mol. The van der Waals surface area contributed by atoms with Crippen LogP contribution in [0, 0.1) is 0 Å². The first-order valence-corrected chi connectivity index (χ1v) is 8.46. The average molecular weight is 342 g/mol. The van der Waals surface area contributed by atoms with Crippen molar-refractivity contribution in [3.63, 3.8) is 0 Å². The minimum absolute atomic E-state index is 0.0924. The molecule has 1 atom stereocenters. The number of fused-ring (bicyclic) bond motifs is 2. The fraction of sp³-hybridized carbons (Fsp3) is 0.0909. The van der Waals surface area contributed by atoms with Gasteiger partial charge in [0.1, 0.15) is 11.3 Å². The van der Waals surface area contributed by atoms with Crippen molar-refractivity contribution in [2.24, 2.45) is 0 Å². The summed E-state index contributed by atoms with van der Waals surface area (Å²) in [7, 11) is 0. The first-order chi connectivity index (χ1) is 12.6. The van der Waals surface area contributed by atoms with Gasteiger partial charge in [0, 0.05) is 24.1 Å². The third kappa shape index (κ3) is 2.75. The summed E-state index contributed by atoms with van der Waals surface area (Å²) in [6.07, 6.45) is 1.65. The molecule has 1 aromatic heterocycles. The molecule has 0 radical (unpaired) electrons. The zero-order chi connectivity index (χ0) is 18.1. The zero-order valence-electron chi connectivity index (χ0n) is 14.3. The van der Waals surface area contributed by atoms with E-state index in [1.807, 2.05) is 66.7 Å². The number of benzene rings is 3. The summed E-state index contributed by atoms with van der Waals surface area (Å²) in [6, 6.07) is 21.0. The Balaban J connectivity index is 1.96. The SMILES string of the molecule is CC(=O)N[C@@H](c1ccc2cccnc2c1O)c1cccc2ccccc12. The quantitative estimate of drug-likeness (QED) is 0.583. The Hall–Kier alpha value is -3.40. The lowest BCUT2D eigenvalue weighted by atomic mass is 9.92. The van der Waals surface area contributed by atoms with Gasteiger partial charge in [-0.3, -0.25) is 9.78 Å². The second-order valence-electron chi connectivity index (χ2n) is 6.28. The number of amides is 1. The van der Waals surface area contributed by atoms with Crippen LogP contribution in [0.15, 0.2) is 72.9 Å². The van der Waals surface area contributed by atoms with Gasteiger partial charge >= 0.3 is 0 Å². The molecule has 1 amide bonds. The van der Waals surface area contributed by atoms with Crippen molar-refractivity contribution in [2.75, 3.05) is 0 Å². The molecule has 0 bridgehead atoms. The molecular formula is C22H18N2O2. The van der Waals surface area contributed by atoms with Crippen molar-refractivity contribution in [3.05, 3.63) is 84.1 Å². The lowest BCUT2D eigenvalue weighted by Gasteiger charge is -2.22. The number of phenols is 1. The molecule has 0 saturated carbocycles. The van der Waals surface area contributed by atoms with Gasteiger partial charge in [-0.1, -0.05) is 60.7 Å². The van der Waals surface area contributed by atoms with Crippen LogP contribution in [0.1, 0.15) is 24.1 Å². The molecule has 0 fully saturated rings. The van der Waals surface area contributed by atoms with E-state index in [0.717, 1.165) is 21.7 Å². The Bertz CT molecular complexity index is 1120. The van der Waals surface area contributed by atoms with Crippen molar-refractivity contribution in [3.8, 4) is 5.75 Å². The van der Waals surface area contributed by atoms with Crippen molar-refractivity contribution < 1.29 is 9.90 Å². The smallest absolute Gasteiger partial charge is 0.217 e. The summed E-state index contributed by atoms with van der Waals surface area (Å²) in [5, 5.41) is 16.8. The summed E-state index contributed by atoms with van der Waals surface area (Å²) in [5.41, 5.74) is 2.09. The lowest BCUT2D eigenvalue weighted by Crippen LogP contribution is -2.27. The van der Waals surface area contributed by atoms with Crippen molar-refractivity contribution in [1.82, 2.24) is 10.3 Å². The maximum Gasteiger partial charge on any atom is 0.217 e. The van der Waals surface area contributed by atoms with Crippen LogP contribution in [-0.4, -0.2) is 16.0 Å². The van der Waals surface area contributed by atoms with Crippen LogP contribution in [-0.2, 0) is 4.79 Å². The van der Waals surface area contributed by atoms with Gasteiger partial charge in [-0.2, -0.15) is 0 Å². The number of aromatic hydroxyl groups is 1. The Kier molecular flexibility index (Phi) is 4.01. The highest BCUT2D eigenvalue weighted by molar-refractivity contribution is 5.89. The number of carbonyl (C=O) groups is 1. The van der Waals surface area contributed by atoms with Crippen LogP contribution in [0.3, 0.4) is 0 Å². The molecule has 0 aliphatic heterocycles. The molecule has 0 spiro atoms. The summed E-state index contributed by atoms with van der Waals surface area (Å²) in [6.45, 7) is 1.48.